The number of nitrogens with zero attached hydrogens (tertiary/aromatic N) is 4. The van der Waals surface area contributed by atoms with Crippen molar-refractivity contribution in [3.63, 3.8) is 0 Å². The molecular formula is C20H18ClN5O2S. The van der Waals surface area contributed by atoms with Crippen LogP contribution in [0.4, 0.5) is 0 Å². The molecule has 0 saturated heterocycles. The molecule has 1 aliphatic rings. The lowest BCUT2D eigenvalue weighted by atomic mass is 10.2. The van der Waals surface area contributed by atoms with Crippen LogP contribution in [0.25, 0.3) is 10.2 Å². The molecule has 1 fully saturated rings. The van der Waals surface area contributed by atoms with Crippen LogP contribution in [0, 0.1) is 6.92 Å². The van der Waals surface area contributed by atoms with Crippen LogP contribution in [0.5, 0.6) is 0 Å². The first-order valence-electron chi connectivity index (χ1n) is 9.39. The SMILES string of the molecule is Cc1nn(Cc2ccc(Cl)cc2)c2sc(C(=O)NCc3nc(C4CC4)no3)cc12. The minimum atomic E-state index is -0.158. The van der Waals surface area contributed by atoms with E-state index < -0.39 is 0 Å². The van der Waals surface area contributed by atoms with Crippen LogP contribution in [0.1, 0.15) is 51.4 Å². The average Bonchev–Trinajstić information content (AvgIpc) is 3.18. The Labute approximate surface area is 175 Å². The molecule has 7 nitrogen and oxygen atoms in total. The highest BCUT2D eigenvalue weighted by Crippen LogP contribution is 2.38. The normalized spacial score (nSPS) is 13.9. The number of fused-ring (bicyclic) bond motifs is 1. The van der Waals surface area contributed by atoms with Crippen molar-refractivity contribution in [3.05, 3.63) is 63.2 Å². The summed E-state index contributed by atoms with van der Waals surface area (Å²) in [5.74, 6) is 1.45. The van der Waals surface area contributed by atoms with E-state index in [9.17, 15) is 4.79 Å². The lowest BCUT2D eigenvalue weighted by molar-refractivity contribution is 0.0950. The fourth-order valence-electron chi connectivity index (χ4n) is 3.18. The van der Waals surface area contributed by atoms with Crippen molar-refractivity contribution < 1.29 is 9.32 Å². The number of amides is 1. The second-order valence-corrected chi connectivity index (χ2v) is 8.67. The summed E-state index contributed by atoms with van der Waals surface area (Å²) in [4.78, 5) is 18.6. The van der Waals surface area contributed by atoms with Crippen molar-refractivity contribution in [1.29, 1.82) is 0 Å². The molecule has 3 aromatic heterocycles. The van der Waals surface area contributed by atoms with E-state index in [0.29, 0.717) is 28.3 Å². The number of rotatable bonds is 6. The fourth-order valence-corrected chi connectivity index (χ4v) is 4.39. The number of thiophene rings is 1. The lowest BCUT2D eigenvalue weighted by Gasteiger charge is -2.03. The Morgan fingerprint density at radius 2 is 2.14 bits per heavy atom. The van der Waals surface area contributed by atoms with E-state index in [2.05, 4.69) is 20.6 Å². The van der Waals surface area contributed by atoms with Crippen LogP contribution in [0.2, 0.25) is 5.02 Å². The third-order valence-corrected chi connectivity index (χ3v) is 6.30. The predicted molar refractivity (Wildman–Crippen MR) is 110 cm³/mol. The summed E-state index contributed by atoms with van der Waals surface area (Å²) in [7, 11) is 0. The van der Waals surface area contributed by atoms with Crippen LogP contribution in [0.3, 0.4) is 0 Å². The van der Waals surface area contributed by atoms with Crippen molar-refractivity contribution in [2.45, 2.75) is 38.8 Å². The van der Waals surface area contributed by atoms with E-state index in [-0.39, 0.29) is 12.5 Å². The maximum absolute atomic E-state index is 12.6. The van der Waals surface area contributed by atoms with Crippen molar-refractivity contribution in [2.75, 3.05) is 0 Å². The number of halogens is 1. The van der Waals surface area contributed by atoms with Gasteiger partial charge >= 0.3 is 0 Å². The first kappa shape index (κ1) is 18.3. The highest BCUT2D eigenvalue weighted by atomic mass is 35.5. The van der Waals surface area contributed by atoms with E-state index in [4.69, 9.17) is 16.1 Å². The molecule has 1 amide bonds. The van der Waals surface area contributed by atoms with Crippen molar-refractivity contribution in [2.24, 2.45) is 0 Å². The van der Waals surface area contributed by atoms with Gasteiger partial charge in [0, 0.05) is 16.3 Å². The second-order valence-electron chi connectivity index (χ2n) is 7.20. The van der Waals surface area contributed by atoms with E-state index in [1.807, 2.05) is 41.9 Å². The minimum absolute atomic E-state index is 0.158. The average molecular weight is 428 g/mol. The summed E-state index contributed by atoms with van der Waals surface area (Å²) in [5.41, 5.74) is 2.00. The summed E-state index contributed by atoms with van der Waals surface area (Å²) < 4.78 is 7.14. The van der Waals surface area contributed by atoms with Gasteiger partial charge in [0.25, 0.3) is 5.91 Å². The van der Waals surface area contributed by atoms with Crippen LogP contribution in [-0.2, 0) is 13.1 Å². The summed E-state index contributed by atoms with van der Waals surface area (Å²) in [6.07, 6.45) is 2.22. The van der Waals surface area contributed by atoms with Gasteiger partial charge in [-0.05, 0) is 43.5 Å². The van der Waals surface area contributed by atoms with Gasteiger partial charge in [-0.25, -0.2) is 0 Å². The van der Waals surface area contributed by atoms with Gasteiger partial charge in [0.1, 0.15) is 4.83 Å². The molecule has 5 rings (SSSR count). The zero-order chi connectivity index (χ0) is 20.0. The maximum Gasteiger partial charge on any atom is 0.261 e. The molecule has 0 aliphatic heterocycles. The van der Waals surface area contributed by atoms with Gasteiger partial charge in [-0.2, -0.15) is 10.1 Å². The van der Waals surface area contributed by atoms with Crippen molar-refractivity contribution in [3.8, 4) is 0 Å². The highest BCUT2D eigenvalue weighted by molar-refractivity contribution is 7.20. The topological polar surface area (TPSA) is 85.8 Å². The van der Waals surface area contributed by atoms with Crippen LogP contribution >= 0.6 is 22.9 Å². The zero-order valence-corrected chi connectivity index (χ0v) is 17.3. The van der Waals surface area contributed by atoms with Gasteiger partial charge < -0.3 is 9.84 Å². The van der Waals surface area contributed by atoms with Crippen LogP contribution in [-0.4, -0.2) is 25.8 Å². The Bertz CT molecular complexity index is 1190. The molecule has 0 atom stereocenters. The molecule has 1 aromatic carbocycles. The first-order valence-corrected chi connectivity index (χ1v) is 10.6. The van der Waals surface area contributed by atoms with E-state index in [1.54, 1.807) is 0 Å². The molecular weight excluding hydrogens is 410 g/mol. The Kier molecular flexibility index (Phi) is 4.60. The van der Waals surface area contributed by atoms with Crippen LogP contribution < -0.4 is 5.32 Å². The van der Waals surface area contributed by atoms with Gasteiger partial charge in [0.15, 0.2) is 5.82 Å². The van der Waals surface area contributed by atoms with Gasteiger partial charge in [-0.15, -0.1) is 11.3 Å². The number of carbonyl (C=O) groups excluding carboxylic acids is 1. The Morgan fingerprint density at radius 3 is 2.90 bits per heavy atom. The second kappa shape index (κ2) is 7.27. The molecule has 0 spiro atoms. The molecule has 0 bridgehead atoms. The zero-order valence-electron chi connectivity index (χ0n) is 15.7. The maximum atomic E-state index is 12.6. The Morgan fingerprint density at radius 1 is 1.34 bits per heavy atom. The number of benzene rings is 1. The number of hydrogen-bond acceptors (Lipinski definition) is 6. The number of aryl methyl sites for hydroxylation is 1. The highest BCUT2D eigenvalue weighted by Gasteiger charge is 2.28. The quantitative estimate of drug-likeness (QED) is 0.495. The molecule has 1 N–H and O–H groups in total. The molecule has 9 heteroatoms. The summed E-state index contributed by atoms with van der Waals surface area (Å²) in [6, 6.07) is 9.58. The van der Waals surface area contributed by atoms with E-state index >= 15 is 0 Å². The summed E-state index contributed by atoms with van der Waals surface area (Å²) in [6.45, 7) is 2.80. The predicted octanol–water partition coefficient (Wildman–Crippen LogP) is 4.30. The lowest BCUT2D eigenvalue weighted by Crippen LogP contribution is -2.22. The largest absolute Gasteiger partial charge is 0.342 e. The van der Waals surface area contributed by atoms with Crippen LogP contribution in [0.15, 0.2) is 34.9 Å². The first-order chi connectivity index (χ1) is 14.1. The Hall–Kier alpha value is -2.71. The molecule has 3 heterocycles. The standard InChI is InChI=1S/C20H18ClN5O2S/c1-11-15-8-16(19(27)22-9-17-23-18(25-28-17)13-4-5-13)29-20(15)26(24-11)10-12-2-6-14(21)7-3-12/h2-3,6-8,13H,4-5,9-10H2,1H3,(H,22,27). The van der Waals surface area contributed by atoms with E-state index in [0.717, 1.165) is 40.1 Å². The number of aromatic nitrogens is 4. The number of nitrogens with one attached hydrogen (secondary N) is 1. The third kappa shape index (κ3) is 3.77. The molecule has 29 heavy (non-hydrogen) atoms. The summed E-state index contributed by atoms with van der Waals surface area (Å²) in [5, 5.41) is 13.1. The molecule has 0 radical (unpaired) electrons. The van der Waals surface area contributed by atoms with Gasteiger partial charge in [0.05, 0.1) is 23.7 Å². The van der Waals surface area contributed by atoms with Gasteiger partial charge in [-0.1, -0.05) is 28.9 Å². The van der Waals surface area contributed by atoms with Crippen molar-refractivity contribution in [1.82, 2.24) is 25.2 Å². The van der Waals surface area contributed by atoms with Gasteiger partial charge in [-0.3, -0.25) is 9.48 Å². The summed E-state index contributed by atoms with van der Waals surface area (Å²) >= 11 is 7.39. The molecule has 1 saturated carbocycles. The molecule has 1 aliphatic carbocycles. The number of carbonyl (C=O) groups is 1. The molecule has 4 aromatic rings. The van der Waals surface area contributed by atoms with Crippen molar-refractivity contribution >= 4 is 39.1 Å². The minimum Gasteiger partial charge on any atom is -0.342 e. The molecule has 148 valence electrons. The molecule has 0 unspecified atom stereocenters. The third-order valence-electron chi connectivity index (χ3n) is 4.90. The monoisotopic (exact) mass is 427 g/mol. The fraction of sp³-hybridized carbons (Fsp3) is 0.300. The number of hydrogen-bond donors (Lipinski definition) is 1. The van der Waals surface area contributed by atoms with Gasteiger partial charge in [0.2, 0.25) is 5.89 Å². The smallest absolute Gasteiger partial charge is 0.261 e. The van der Waals surface area contributed by atoms with E-state index in [1.165, 1.54) is 11.3 Å². The Balaban J connectivity index is 1.31.